The number of benzene rings is 2. The van der Waals surface area contributed by atoms with E-state index in [0.717, 1.165) is 6.42 Å². The van der Waals surface area contributed by atoms with Gasteiger partial charge in [-0.15, -0.1) is 0 Å². The molecule has 0 bridgehead atoms. The van der Waals surface area contributed by atoms with Gasteiger partial charge in [0.1, 0.15) is 0 Å². The number of rotatable bonds is 9. The van der Waals surface area contributed by atoms with E-state index in [9.17, 15) is 19.2 Å². The molecule has 1 fully saturated rings. The molecular weight excluding hydrogens is 436 g/mol. The van der Waals surface area contributed by atoms with Crippen molar-refractivity contribution in [3.05, 3.63) is 70.8 Å². The fourth-order valence-corrected chi connectivity index (χ4v) is 4.75. The maximum atomic E-state index is 12.4. The molecule has 2 aromatic carbocycles. The van der Waals surface area contributed by atoms with Crippen molar-refractivity contribution in [3.8, 4) is 0 Å². The highest BCUT2D eigenvalue weighted by molar-refractivity contribution is 6.22. The number of nitrogens with zero attached hydrogens (tertiary/aromatic N) is 2. The van der Waals surface area contributed by atoms with E-state index in [2.05, 4.69) is 0 Å². The molecule has 0 spiro atoms. The van der Waals surface area contributed by atoms with E-state index in [0.29, 0.717) is 67.6 Å². The molecule has 4 amide bonds. The van der Waals surface area contributed by atoms with Crippen LogP contribution in [0.25, 0.3) is 0 Å². The van der Waals surface area contributed by atoms with Gasteiger partial charge in [-0.2, -0.15) is 0 Å². The zero-order chi connectivity index (χ0) is 23.7. The van der Waals surface area contributed by atoms with Gasteiger partial charge in [0.05, 0.1) is 35.0 Å². The summed E-state index contributed by atoms with van der Waals surface area (Å²) in [5, 5.41) is 0. The van der Waals surface area contributed by atoms with Gasteiger partial charge in [-0.25, -0.2) is 0 Å². The normalized spacial score (nSPS) is 21.5. The molecule has 0 aromatic heterocycles. The monoisotopic (exact) mass is 462 g/mol. The molecule has 8 nitrogen and oxygen atoms in total. The van der Waals surface area contributed by atoms with Gasteiger partial charge in [0.15, 0.2) is 6.29 Å². The van der Waals surface area contributed by atoms with E-state index < -0.39 is 0 Å². The summed E-state index contributed by atoms with van der Waals surface area (Å²) in [5.74, 6) is -0.931. The Morgan fingerprint density at radius 3 is 1.62 bits per heavy atom. The zero-order valence-corrected chi connectivity index (χ0v) is 18.8. The van der Waals surface area contributed by atoms with Crippen LogP contribution < -0.4 is 0 Å². The Kier molecular flexibility index (Phi) is 6.26. The number of fused-ring (bicyclic) bond motifs is 2. The fourth-order valence-electron chi connectivity index (χ4n) is 4.75. The standard InChI is InChI=1S/C26H26N2O6/c29-23-18-9-1-2-10-19(18)24(30)27(23)14-6-5-13-22-33-16-17(34-22)8-7-15-28-25(31)20-11-3-4-12-21(20)26(28)32/h1-4,9-12,17,22H,5-8,13-16H2/t17-,22+/m0/s1. The lowest BCUT2D eigenvalue weighted by Gasteiger charge is -2.16. The van der Waals surface area contributed by atoms with Crippen LogP contribution in [0, 0.1) is 0 Å². The molecule has 0 radical (unpaired) electrons. The number of unbranched alkanes of at least 4 members (excludes halogenated alkanes) is 1. The van der Waals surface area contributed by atoms with Crippen molar-refractivity contribution in [1.29, 1.82) is 0 Å². The predicted octanol–water partition coefficient (Wildman–Crippen LogP) is 3.27. The van der Waals surface area contributed by atoms with Crippen molar-refractivity contribution in [2.75, 3.05) is 19.7 Å². The average molecular weight is 463 g/mol. The number of carbonyl (C=O) groups excluding carboxylic acids is 4. The number of carbonyl (C=O) groups is 4. The summed E-state index contributed by atoms with van der Waals surface area (Å²) in [6.45, 7) is 1.21. The summed E-state index contributed by atoms with van der Waals surface area (Å²) in [5.41, 5.74) is 1.88. The van der Waals surface area contributed by atoms with Gasteiger partial charge in [-0.1, -0.05) is 24.3 Å². The molecule has 176 valence electrons. The van der Waals surface area contributed by atoms with Crippen molar-refractivity contribution in [2.24, 2.45) is 0 Å². The number of ether oxygens (including phenoxy) is 2. The SMILES string of the molecule is O=C1c2ccccc2C(=O)N1CCCC[C@@H]1OC[C@H](CCCN2C(=O)c3ccccc3C2=O)O1. The minimum absolute atomic E-state index is 0.0728. The maximum Gasteiger partial charge on any atom is 0.261 e. The third kappa shape index (κ3) is 4.15. The second-order valence-electron chi connectivity index (χ2n) is 8.77. The van der Waals surface area contributed by atoms with E-state index >= 15 is 0 Å². The highest BCUT2D eigenvalue weighted by Gasteiger charge is 2.36. The van der Waals surface area contributed by atoms with Crippen LogP contribution in [-0.2, 0) is 9.47 Å². The smallest absolute Gasteiger partial charge is 0.261 e. The molecule has 0 saturated carbocycles. The molecule has 0 unspecified atom stereocenters. The quantitative estimate of drug-likeness (QED) is 0.420. The largest absolute Gasteiger partial charge is 0.350 e. The van der Waals surface area contributed by atoms with Crippen molar-refractivity contribution >= 4 is 23.6 Å². The topological polar surface area (TPSA) is 93.2 Å². The van der Waals surface area contributed by atoms with E-state index in [-0.39, 0.29) is 36.0 Å². The molecule has 34 heavy (non-hydrogen) atoms. The molecule has 0 N–H and O–H groups in total. The molecule has 0 aliphatic carbocycles. The summed E-state index contributed by atoms with van der Waals surface area (Å²) < 4.78 is 11.7. The van der Waals surface area contributed by atoms with Gasteiger partial charge in [-0.3, -0.25) is 29.0 Å². The van der Waals surface area contributed by atoms with Crippen LogP contribution in [0.5, 0.6) is 0 Å². The van der Waals surface area contributed by atoms with Crippen LogP contribution in [0.4, 0.5) is 0 Å². The van der Waals surface area contributed by atoms with E-state index in [1.807, 2.05) is 0 Å². The zero-order valence-electron chi connectivity index (χ0n) is 18.8. The Balaban J connectivity index is 1.00. The molecule has 8 heteroatoms. The number of hydrogen-bond acceptors (Lipinski definition) is 6. The van der Waals surface area contributed by atoms with Gasteiger partial charge in [0.2, 0.25) is 0 Å². The lowest BCUT2D eigenvalue weighted by molar-refractivity contribution is -0.0644. The molecule has 3 aliphatic rings. The first-order valence-corrected chi connectivity index (χ1v) is 11.7. The number of imide groups is 2. The van der Waals surface area contributed by atoms with E-state index in [4.69, 9.17) is 9.47 Å². The van der Waals surface area contributed by atoms with Crippen LogP contribution in [0.3, 0.4) is 0 Å². The minimum Gasteiger partial charge on any atom is -0.350 e. The van der Waals surface area contributed by atoms with Gasteiger partial charge in [-0.05, 0) is 56.4 Å². The van der Waals surface area contributed by atoms with E-state index in [1.165, 1.54) is 9.80 Å². The van der Waals surface area contributed by atoms with Crippen molar-refractivity contribution in [3.63, 3.8) is 0 Å². The van der Waals surface area contributed by atoms with Gasteiger partial charge < -0.3 is 9.47 Å². The molecule has 3 aliphatic heterocycles. The highest BCUT2D eigenvalue weighted by atomic mass is 16.7. The van der Waals surface area contributed by atoms with Crippen LogP contribution in [-0.4, -0.2) is 65.5 Å². The molecule has 1 saturated heterocycles. The second-order valence-corrected chi connectivity index (χ2v) is 8.77. The van der Waals surface area contributed by atoms with Crippen molar-refractivity contribution in [1.82, 2.24) is 9.80 Å². The minimum atomic E-state index is -0.313. The summed E-state index contributed by atoms with van der Waals surface area (Å²) in [6, 6.07) is 13.8. The van der Waals surface area contributed by atoms with Crippen LogP contribution in [0.1, 0.15) is 73.5 Å². The molecule has 2 aromatic rings. The highest BCUT2D eigenvalue weighted by Crippen LogP contribution is 2.26. The van der Waals surface area contributed by atoms with Gasteiger partial charge in [0, 0.05) is 13.1 Å². The van der Waals surface area contributed by atoms with Gasteiger partial charge in [0.25, 0.3) is 23.6 Å². The first-order chi connectivity index (χ1) is 16.5. The van der Waals surface area contributed by atoms with Crippen LogP contribution in [0.2, 0.25) is 0 Å². The summed E-state index contributed by atoms with van der Waals surface area (Å²) in [4.78, 5) is 52.3. The number of hydrogen-bond donors (Lipinski definition) is 0. The first-order valence-electron chi connectivity index (χ1n) is 11.7. The van der Waals surface area contributed by atoms with Crippen LogP contribution >= 0.6 is 0 Å². The Bertz CT molecular complexity index is 1080. The Hall–Kier alpha value is -3.36. The lowest BCUT2D eigenvalue weighted by Crippen LogP contribution is -2.31. The third-order valence-electron chi connectivity index (χ3n) is 6.55. The second kappa shape index (κ2) is 9.48. The fraction of sp³-hybridized carbons (Fsp3) is 0.385. The van der Waals surface area contributed by atoms with E-state index in [1.54, 1.807) is 48.5 Å². The van der Waals surface area contributed by atoms with Crippen LogP contribution in [0.15, 0.2) is 48.5 Å². The van der Waals surface area contributed by atoms with Gasteiger partial charge >= 0.3 is 0 Å². The molecule has 5 rings (SSSR count). The third-order valence-corrected chi connectivity index (χ3v) is 6.55. The van der Waals surface area contributed by atoms with Crippen molar-refractivity contribution in [2.45, 2.75) is 44.5 Å². The summed E-state index contributed by atoms with van der Waals surface area (Å²) >= 11 is 0. The molecular formula is C26H26N2O6. The van der Waals surface area contributed by atoms with Crippen molar-refractivity contribution < 1.29 is 28.7 Å². The Morgan fingerprint density at radius 2 is 1.12 bits per heavy atom. The average Bonchev–Trinajstić information content (AvgIpc) is 3.48. The predicted molar refractivity (Wildman–Crippen MR) is 121 cm³/mol. The summed E-state index contributed by atoms with van der Waals surface area (Å²) in [6.07, 6.45) is 3.07. The summed E-state index contributed by atoms with van der Waals surface area (Å²) in [7, 11) is 0. The Labute approximate surface area is 197 Å². The Morgan fingerprint density at radius 1 is 0.647 bits per heavy atom. The number of amides is 4. The molecule has 2 atom stereocenters. The maximum absolute atomic E-state index is 12.4. The molecule has 3 heterocycles. The lowest BCUT2D eigenvalue weighted by atomic mass is 10.1. The first kappa shape index (κ1) is 22.4.